The van der Waals surface area contributed by atoms with Crippen LogP contribution >= 0.6 is 0 Å². The molecule has 2 unspecified atom stereocenters. The lowest BCUT2D eigenvalue weighted by molar-refractivity contribution is -0.0338. The van der Waals surface area contributed by atoms with Crippen molar-refractivity contribution in [1.29, 1.82) is 0 Å². The van der Waals surface area contributed by atoms with Crippen molar-refractivity contribution in [2.24, 2.45) is 0 Å². The standard InChI is InChI=1S/C16H25NO2/c1-4-18-11-14-7-5-6-8-16(14)17-15-9-12(2)19-13(3)10-15/h5-8,12-13,15,17H,4,9-11H2,1-3H3. The van der Waals surface area contributed by atoms with Crippen LogP contribution in [0.4, 0.5) is 5.69 Å². The summed E-state index contributed by atoms with van der Waals surface area (Å²) in [6.07, 6.45) is 2.79. The summed E-state index contributed by atoms with van der Waals surface area (Å²) in [5, 5.41) is 3.66. The van der Waals surface area contributed by atoms with Crippen LogP contribution in [-0.4, -0.2) is 24.9 Å². The maximum Gasteiger partial charge on any atom is 0.0736 e. The monoisotopic (exact) mass is 263 g/mol. The Balaban J connectivity index is 2.01. The van der Waals surface area contributed by atoms with E-state index in [1.54, 1.807) is 0 Å². The van der Waals surface area contributed by atoms with Crippen LogP contribution in [0.2, 0.25) is 0 Å². The molecule has 106 valence electrons. The van der Waals surface area contributed by atoms with Crippen LogP contribution in [0.5, 0.6) is 0 Å². The van der Waals surface area contributed by atoms with Crippen molar-refractivity contribution in [3.8, 4) is 0 Å². The predicted octanol–water partition coefficient (Wildman–Crippen LogP) is 3.59. The number of para-hydroxylation sites is 1. The van der Waals surface area contributed by atoms with Gasteiger partial charge in [0.2, 0.25) is 0 Å². The number of nitrogens with one attached hydrogen (secondary N) is 1. The number of anilines is 1. The summed E-state index contributed by atoms with van der Waals surface area (Å²) in [5.74, 6) is 0. The number of ether oxygens (including phenoxy) is 2. The normalized spacial score (nSPS) is 27.2. The molecule has 1 fully saturated rings. The Kier molecular flexibility index (Phi) is 5.23. The van der Waals surface area contributed by atoms with Gasteiger partial charge >= 0.3 is 0 Å². The molecule has 0 spiro atoms. The third-order valence-corrected chi connectivity index (χ3v) is 3.54. The molecule has 2 atom stereocenters. The average Bonchev–Trinajstić information content (AvgIpc) is 2.36. The van der Waals surface area contributed by atoms with Gasteiger partial charge in [-0.05, 0) is 39.7 Å². The van der Waals surface area contributed by atoms with E-state index in [4.69, 9.17) is 9.47 Å². The summed E-state index contributed by atoms with van der Waals surface area (Å²) in [6.45, 7) is 7.75. The van der Waals surface area contributed by atoms with Crippen molar-refractivity contribution >= 4 is 5.69 Å². The molecule has 3 heteroatoms. The van der Waals surface area contributed by atoms with E-state index in [1.807, 2.05) is 6.92 Å². The third-order valence-electron chi connectivity index (χ3n) is 3.54. The molecule has 1 aromatic rings. The van der Waals surface area contributed by atoms with Crippen LogP contribution in [0, 0.1) is 0 Å². The van der Waals surface area contributed by atoms with Gasteiger partial charge in [-0.1, -0.05) is 18.2 Å². The van der Waals surface area contributed by atoms with Gasteiger partial charge in [0.15, 0.2) is 0 Å². The minimum atomic E-state index is 0.334. The fourth-order valence-electron chi connectivity index (χ4n) is 2.74. The Morgan fingerprint density at radius 2 is 1.89 bits per heavy atom. The summed E-state index contributed by atoms with van der Waals surface area (Å²) in [7, 11) is 0. The molecule has 1 aliphatic rings. The van der Waals surface area contributed by atoms with Crippen molar-refractivity contribution in [3.05, 3.63) is 29.8 Å². The third kappa shape index (κ3) is 4.22. The molecule has 0 radical (unpaired) electrons. The number of hydrogen-bond donors (Lipinski definition) is 1. The molecule has 1 N–H and O–H groups in total. The number of hydrogen-bond acceptors (Lipinski definition) is 3. The molecule has 0 saturated carbocycles. The largest absolute Gasteiger partial charge is 0.382 e. The molecule has 1 aliphatic heterocycles. The second-order valence-corrected chi connectivity index (χ2v) is 5.36. The molecule has 1 heterocycles. The van der Waals surface area contributed by atoms with E-state index in [0.29, 0.717) is 24.9 Å². The van der Waals surface area contributed by atoms with Crippen LogP contribution in [0.25, 0.3) is 0 Å². The lowest BCUT2D eigenvalue weighted by Crippen LogP contribution is -2.37. The first-order chi connectivity index (χ1) is 9.19. The quantitative estimate of drug-likeness (QED) is 0.880. The van der Waals surface area contributed by atoms with E-state index >= 15 is 0 Å². The SMILES string of the molecule is CCOCc1ccccc1NC1CC(C)OC(C)C1. The van der Waals surface area contributed by atoms with Crippen molar-refractivity contribution in [2.45, 2.75) is 58.5 Å². The highest BCUT2D eigenvalue weighted by Crippen LogP contribution is 2.24. The molecule has 1 saturated heterocycles. The summed E-state index contributed by atoms with van der Waals surface area (Å²) < 4.78 is 11.3. The average molecular weight is 263 g/mol. The lowest BCUT2D eigenvalue weighted by Gasteiger charge is -2.33. The van der Waals surface area contributed by atoms with Gasteiger partial charge in [-0.15, -0.1) is 0 Å². The van der Waals surface area contributed by atoms with Gasteiger partial charge in [-0.2, -0.15) is 0 Å². The molecule has 0 aromatic heterocycles. The van der Waals surface area contributed by atoms with E-state index in [9.17, 15) is 0 Å². The number of benzene rings is 1. The zero-order chi connectivity index (χ0) is 13.7. The Bertz CT molecular complexity index is 384. The molecule has 2 rings (SSSR count). The van der Waals surface area contributed by atoms with Crippen molar-refractivity contribution in [2.75, 3.05) is 11.9 Å². The predicted molar refractivity (Wildman–Crippen MR) is 78.4 cm³/mol. The summed E-state index contributed by atoms with van der Waals surface area (Å²) in [5.41, 5.74) is 2.43. The highest BCUT2D eigenvalue weighted by Gasteiger charge is 2.24. The van der Waals surface area contributed by atoms with Gasteiger partial charge in [-0.25, -0.2) is 0 Å². The van der Waals surface area contributed by atoms with E-state index in [2.05, 4.69) is 43.4 Å². The molecular weight excluding hydrogens is 238 g/mol. The van der Waals surface area contributed by atoms with E-state index in [0.717, 1.165) is 19.4 Å². The van der Waals surface area contributed by atoms with Gasteiger partial charge in [0.05, 0.1) is 18.8 Å². The molecule has 0 amide bonds. The first kappa shape index (κ1) is 14.4. The Morgan fingerprint density at radius 3 is 2.58 bits per heavy atom. The smallest absolute Gasteiger partial charge is 0.0736 e. The van der Waals surface area contributed by atoms with Gasteiger partial charge < -0.3 is 14.8 Å². The maximum atomic E-state index is 5.78. The summed E-state index contributed by atoms with van der Waals surface area (Å²) in [4.78, 5) is 0. The Labute approximate surface area is 116 Å². The van der Waals surface area contributed by atoms with E-state index in [-0.39, 0.29) is 0 Å². The molecule has 19 heavy (non-hydrogen) atoms. The van der Waals surface area contributed by atoms with E-state index < -0.39 is 0 Å². The van der Waals surface area contributed by atoms with Crippen LogP contribution in [-0.2, 0) is 16.1 Å². The van der Waals surface area contributed by atoms with Gasteiger partial charge in [0, 0.05) is 23.9 Å². The zero-order valence-electron chi connectivity index (χ0n) is 12.2. The molecule has 0 aliphatic carbocycles. The van der Waals surface area contributed by atoms with Gasteiger partial charge in [0.1, 0.15) is 0 Å². The number of rotatable bonds is 5. The first-order valence-corrected chi connectivity index (χ1v) is 7.26. The fourth-order valence-corrected chi connectivity index (χ4v) is 2.74. The van der Waals surface area contributed by atoms with Gasteiger partial charge in [-0.3, -0.25) is 0 Å². The second kappa shape index (κ2) is 6.92. The Morgan fingerprint density at radius 1 is 1.21 bits per heavy atom. The minimum Gasteiger partial charge on any atom is -0.382 e. The van der Waals surface area contributed by atoms with Crippen LogP contribution in [0.15, 0.2) is 24.3 Å². The van der Waals surface area contributed by atoms with E-state index in [1.165, 1.54) is 11.3 Å². The Hall–Kier alpha value is -1.06. The maximum absolute atomic E-state index is 5.78. The fraction of sp³-hybridized carbons (Fsp3) is 0.625. The van der Waals surface area contributed by atoms with Crippen LogP contribution < -0.4 is 5.32 Å². The highest BCUT2D eigenvalue weighted by atomic mass is 16.5. The molecule has 3 nitrogen and oxygen atoms in total. The summed E-state index contributed by atoms with van der Waals surface area (Å²) in [6, 6.07) is 8.89. The van der Waals surface area contributed by atoms with Crippen LogP contribution in [0.3, 0.4) is 0 Å². The minimum absolute atomic E-state index is 0.334. The highest BCUT2D eigenvalue weighted by molar-refractivity contribution is 5.51. The summed E-state index contributed by atoms with van der Waals surface area (Å²) >= 11 is 0. The molecular formula is C16H25NO2. The molecule has 1 aromatic carbocycles. The molecule has 0 bridgehead atoms. The van der Waals surface area contributed by atoms with Crippen molar-refractivity contribution in [3.63, 3.8) is 0 Å². The zero-order valence-corrected chi connectivity index (χ0v) is 12.2. The van der Waals surface area contributed by atoms with Crippen molar-refractivity contribution in [1.82, 2.24) is 0 Å². The lowest BCUT2D eigenvalue weighted by atomic mass is 9.99. The second-order valence-electron chi connectivity index (χ2n) is 5.36. The van der Waals surface area contributed by atoms with Crippen LogP contribution in [0.1, 0.15) is 39.2 Å². The first-order valence-electron chi connectivity index (χ1n) is 7.26. The topological polar surface area (TPSA) is 30.5 Å². The van der Waals surface area contributed by atoms with Gasteiger partial charge in [0.25, 0.3) is 0 Å². The van der Waals surface area contributed by atoms with Crippen molar-refractivity contribution < 1.29 is 9.47 Å².